The van der Waals surface area contributed by atoms with Gasteiger partial charge in [-0.1, -0.05) is 16.8 Å². The van der Waals surface area contributed by atoms with Crippen molar-refractivity contribution in [2.24, 2.45) is 10.9 Å². The van der Waals surface area contributed by atoms with Crippen LogP contribution in [0.5, 0.6) is 0 Å². The molecule has 0 saturated heterocycles. The molecule has 0 fully saturated rings. The van der Waals surface area contributed by atoms with Gasteiger partial charge >= 0.3 is 0 Å². The van der Waals surface area contributed by atoms with Crippen molar-refractivity contribution in [3.63, 3.8) is 0 Å². The number of amidine groups is 1. The molecule has 0 bridgehead atoms. The number of nitrogens with one attached hydrogen (secondary N) is 1. The summed E-state index contributed by atoms with van der Waals surface area (Å²) < 4.78 is 0. The van der Waals surface area contributed by atoms with Gasteiger partial charge < -0.3 is 16.3 Å². The van der Waals surface area contributed by atoms with Gasteiger partial charge in [0.1, 0.15) is 5.69 Å². The van der Waals surface area contributed by atoms with Crippen molar-refractivity contribution in [3.8, 4) is 0 Å². The van der Waals surface area contributed by atoms with Crippen LogP contribution in [0.3, 0.4) is 0 Å². The summed E-state index contributed by atoms with van der Waals surface area (Å²) in [6, 6.07) is 3.69. The van der Waals surface area contributed by atoms with Gasteiger partial charge in [0.25, 0.3) is 0 Å². The number of hydrogen-bond donors (Lipinski definition) is 3. The molecule has 5 heteroatoms. The van der Waals surface area contributed by atoms with Gasteiger partial charge in [0.2, 0.25) is 0 Å². The summed E-state index contributed by atoms with van der Waals surface area (Å²) in [7, 11) is 0. The fraction of sp³-hybridized carbons (Fsp3) is 0.333. The Bertz CT molecular complexity index is 422. The van der Waals surface area contributed by atoms with Crippen molar-refractivity contribution in [3.05, 3.63) is 41.2 Å². The van der Waals surface area contributed by atoms with E-state index in [9.17, 15) is 0 Å². The zero-order valence-corrected chi connectivity index (χ0v) is 10.1. The van der Waals surface area contributed by atoms with Gasteiger partial charge in [0, 0.05) is 19.3 Å². The Morgan fingerprint density at radius 3 is 3.00 bits per heavy atom. The average molecular weight is 234 g/mol. The van der Waals surface area contributed by atoms with Crippen LogP contribution >= 0.6 is 0 Å². The van der Waals surface area contributed by atoms with Gasteiger partial charge in [-0.15, -0.1) is 0 Å². The van der Waals surface area contributed by atoms with Crippen LogP contribution in [0.4, 0.5) is 0 Å². The molecule has 0 saturated carbocycles. The Labute approximate surface area is 101 Å². The third kappa shape index (κ3) is 4.65. The monoisotopic (exact) mass is 234 g/mol. The summed E-state index contributed by atoms with van der Waals surface area (Å²) in [6.07, 6.45) is 3.76. The Morgan fingerprint density at radius 2 is 2.35 bits per heavy atom. The predicted molar refractivity (Wildman–Crippen MR) is 67.9 cm³/mol. The van der Waals surface area contributed by atoms with E-state index < -0.39 is 0 Å². The maximum Gasteiger partial charge on any atom is 0.188 e. The highest BCUT2D eigenvalue weighted by Gasteiger charge is 2.01. The number of pyridine rings is 1. The second kappa shape index (κ2) is 6.65. The minimum atomic E-state index is 0.0242. The van der Waals surface area contributed by atoms with E-state index in [4.69, 9.17) is 10.9 Å². The molecule has 5 nitrogen and oxygen atoms in total. The highest BCUT2D eigenvalue weighted by molar-refractivity contribution is 5.95. The van der Waals surface area contributed by atoms with Crippen molar-refractivity contribution in [2.75, 3.05) is 6.54 Å². The molecule has 1 rings (SSSR count). The van der Waals surface area contributed by atoms with E-state index in [1.165, 1.54) is 5.57 Å². The average Bonchev–Trinajstić information content (AvgIpc) is 2.34. The Balaban J connectivity index is 2.57. The minimum Gasteiger partial charge on any atom is -0.409 e. The molecule has 0 aliphatic heterocycles. The first kappa shape index (κ1) is 13.2. The molecule has 0 aliphatic carbocycles. The van der Waals surface area contributed by atoms with Crippen LogP contribution in [0.25, 0.3) is 0 Å². The van der Waals surface area contributed by atoms with E-state index in [-0.39, 0.29) is 5.84 Å². The molecule has 0 atom stereocenters. The zero-order valence-electron chi connectivity index (χ0n) is 10.1. The van der Waals surface area contributed by atoms with Gasteiger partial charge in [-0.05, 0) is 31.5 Å². The van der Waals surface area contributed by atoms with Crippen molar-refractivity contribution >= 4 is 5.84 Å². The minimum absolute atomic E-state index is 0.0242. The number of oxime groups is 1. The van der Waals surface area contributed by atoms with E-state index in [2.05, 4.69) is 35.4 Å². The van der Waals surface area contributed by atoms with Gasteiger partial charge in [0.15, 0.2) is 5.84 Å². The van der Waals surface area contributed by atoms with Gasteiger partial charge in [-0.3, -0.25) is 4.98 Å². The van der Waals surface area contributed by atoms with Crippen molar-refractivity contribution in [2.45, 2.75) is 20.4 Å². The van der Waals surface area contributed by atoms with E-state index >= 15 is 0 Å². The summed E-state index contributed by atoms with van der Waals surface area (Å²) >= 11 is 0. The first-order valence-corrected chi connectivity index (χ1v) is 5.40. The normalized spacial score (nSPS) is 11.3. The van der Waals surface area contributed by atoms with Gasteiger partial charge in [0.05, 0.1) is 0 Å². The lowest BCUT2D eigenvalue weighted by Gasteiger charge is -2.04. The van der Waals surface area contributed by atoms with Crippen molar-refractivity contribution in [1.29, 1.82) is 0 Å². The fourth-order valence-electron chi connectivity index (χ4n) is 1.27. The van der Waals surface area contributed by atoms with Crippen LogP contribution < -0.4 is 11.1 Å². The fourth-order valence-corrected chi connectivity index (χ4v) is 1.27. The van der Waals surface area contributed by atoms with Crippen LogP contribution in [0.2, 0.25) is 0 Å². The van der Waals surface area contributed by atoms with E-state index in [0.717, 1.165) is 18.7 Å². The standard InChI is InChI=1S/C12H18N4O/c1-9(2)3-5-14-8-10-4-6-15-11(7-10)12(13)16-17/h3-4,6-7,14,17H,5,8H2,1-2H3,(H2,13,16). The first-order valence-electron chi connectivity index (χ1n) is 5.40. The molecule has 17 heavy (non-hydrogen) atoms. The lowest BCUT2D eigenvalue weighted by atomic mass is 10.2. The molecule has 1 aromatic rings. The van der Waals surface area contributed by atoms with E-state index in [0.29, 0.717) is 5.69 Å². The molecule has 92 valence electrons. The lowest BCUT2D eigenvalue weighted by Crippen LogP contribution is -2.17. The van der Waals surface area contributed by atoms with Gasteiger partial charge in [-0.25, -0.2) is 0 Å². The van der Waals surface area contributed by atoms with Crippen LogP contribution in [0.15, 0.2) is 35.1 Å². The first-order chi connectivity index (χ1) is 8.13. The number of nitrogens with two attached hydrogens (primary N) is 1. The molecule has 0 unspecified atom stereocenters. The third-order valence-corrected chi connectivity index (χ3v) is 2.18. The van der Waals surface area contributed by atoms with E-state index in [1.54, 1.807) is 12.3 Å². The lowest BCUT2D eigenvalue weighted by molar-refractivity contribution is 0.318. The van der Waals surface area contributed by atoms with Crippen LogP contribution in [0.1, 0.15) is 25.1 Å². The van der Waals surface area contributed by atoms with Crippen molar-refractivity contribution < 1.29 is 5.21 Å². The van der Waals surface area contributed by atoms with Gasteiger partial charge in [-0.2, -0.15) is 0 Å². The quantitative estimate of drug-likeness (QED) is 0.179. The molecule has 1 aromatic heterocycles. The van der Waals surface area contributed by atoms with Crippen molar-refractivity contribution in [1.82, 2.24) is 10.3 Å². The number of hydrogen-bond acceptors (Lipinski definition) is 4. The molecule has 4 N–H and O–H groups in total. The smallest absolute Gasteiger partial charge is 0.188 e. The number of nitrogens with zero attached hydrogens (tertiary/aromatic N) is 2. The topological polar surface area (TPSA) is 83.5 Å². The maximum absolute atomic E-state index is 8.55. The molecule has 0 aliphatic rings. The number of aromatic nitrogens is 1. The maximum atomic E-state index is 8.55. The molecule has 0 radical (unpaired) electrons. The molecule has 1 heterocycles. The highest BCUT2D eigenvalue weighted by Crippen LogP contribution is 2.01. The molecular weight excluding hydrogens is 216 g/mol. The molecule has 0 aromatic carbocycles. The SMILES string of the molecule is CC(C)=CCNCc1ccnc(/C(N)=N/O)c1. The van der Waals surface area contributed by atoms with Crippen LogP contribution in [0, 0.1) is 0 Å². The number of rotatable bonds is 5. The summed E-state index contributed by atoms with van der Waals surface area (Å²) in [5.74, 6) is 0.0242. The third-order valence-electron chi connectivity index (χ3n) is 2.18. The second-order valence-electron chi connectivity index (χ2n) is 3.95. The summed E-state index contributed by atoms with van der Waals surface area (Å²) in [6.45, 7) is 5.66. The Hall–Kier alpha value is -1.88. The zero-order chi connectivity index (χ0) is 12.7. The molecule has 0 spiro atoms. The van der Waals surface area contributed by atoms with Crippen LogP contribution in [-0.4, -0.2) is 22.6 Å². The highest BCUT2D eigenvalue weighted by atomic mass is 16.4. The summed E-state index contributed by atoms with van der Waals surface area (Å²) in [5, 5.41) is 14.7. The molecule has 0 amide bonds. The Kier molecular flexibility index (Phi) is 5.16. The number of allylic oxidation sites excluding steroid dienone is 1. The Morgan fingerprint density at radius 1 is 1.59 bits per heavy atom. The van der Waals surface area contributed by atoms with Crippen LogP contribution in [-0.2, 0) is 6.54 Å². The summed E-state index contributed by atoms with van der Waals surface area (Å²) in [4.78, 5) is 4.01. The van der Waals surface area contributed by atoms with E-state index in [1.807, 2.05) is 6.07 Å². The second-order valence-corrected chi connectivity index (χ2v) is 3.95. The molecular formula is C12H18N4O. The predicted octanol–water partition coefficient (Wildman–Crippen LogP) is 1.23. The summed E-state index contributed by atoms with van der Waals surface area (Å²) in [5.41, 5.74) is 8.27. The largest absolute Gasteiger partial charge is 0.409 e.